The fraction of sp³-hybridized carbons (Fsp3) is 0.364. The van der Waals surface area contributed by atoms with E-state index in [1.165, 1.54) is 11.1 Å². The van der Waals surface area contributed by atoms with Crippen molar-refractivity contribution in [1.29, 1.82) is 0 Å². The minimum absolute atomic E-state index is 0.244. The number of carbonyl (C=O) groups excluding carboxylic acids is 2. The maximum Gasteiger partial charge on any atom is 0.235 e. The summed E-state index contributed by atoms with van der Waals surface area (Å²) < 4.78 is 0. The van der Waals surface area contributed by atoms with Crippen LogP contribution in [0.1, 0.15) is 37.0 Å². The van der Waals surface area contributed by atoms with Crippen LogP contribution in [0.3, 0.4) is 0 Å². The monoisotopic (exact) mass is 352 g/mol. The van der Waals surface area contributed by atoms with E-state index >= 15 is 0 Å². The highest BCUT2D eigenvalue weighted by molar-refractivity contribution is 6.04. The molecule has 4 heteroatoms. The second-order valence-electron chi connectivity index (χ2n) is 7.14. The quantitative estimate of drug-likeness (QED) is 0.565. The first-order valence-electron chi connectivity index (χ1n) is 9.05. The molecule has 0 radical (unpaired) electrons. The van der Waals surface area contributed by atoms with Crippen molar-refractivity contribution < 1.29 is 9.59 Å². The first-order valence-corrected chi connectivity index (χ1v) is 9.05. The summed E-state index contributed by atoms with van der Waals surface area (Å²) in [6.07, 6.45) is 1.75. The molecule has 2 N–H and O–H groups in total. The number of rotatable bonds is 8. The molecule has 0 heterocycles. The first kappa shape index (κ1) is 19.7. The summed E-state index contributed by atoms with van der Waals surface area (Å²) in [6.45, 7) is 6.31. The Bertz CT molecular complexity index is 722. The van der Waals surface area contributed by atoms with E-state index in [0.717, 1.165) is 18.4 Å². The van der Waals surface area contributed by atoms with Crippen LogP contribution < -0.4 is 10.6 Å². The molecule has 4 nitrogen and oxygen atoms in total. The lowest BCUT2D eigenvalue weighted by Crippen LogP contribution is -2.47. The van der Waals surface area contributed by atoms with Crippen LogP contribution in [0.15, 0.2) is 54.6 Å². The summed E-state index contributed by atoms with van der Waals surface area (Å²) in [4.78, 5) is 24.8. The van der Waals surface area contributed by atoms with Gasteiger partial charge in [-0.1, -0.05) is 60.2 Å². The van der Waals surface area contributed by atoms with E-state index in [1.807, 2.05) is 49.4 Å². The van der Waals surface area contributed by atoms with E-state index in [4.69, 9.17) is 0 Å². The Morgan fingerprint density at radius 1 is 0.846 bits per heavy atom. The molecule has 26 heavy (non-hydrogen) atoms. The molecule has 2 amide bonds. The van der Waals surface area contributed by atoms with Crippen LogP contribution in [0.4, 0.5) is 0 Å². The molecule has 0 aliphatic rings. The molecule has 138 valence electrons. The van der Waals surface area contributed by atoms with Crippen molar-refractivity contribution in [3.05, 3.63) is 71.3 Å². The van der Waals surface area contributed by atoms with E-state index in [2.05, 4.69) is 22.8 Å². The maximum absolute atomic E-state index is 12.4. The molecule has 0 saturated carbocycles. The Morgan fingerprint density at radius 2 is 1.46 bits per heavy atom. The standard InChI is InChI=1S/C22H28N2O2/c1-17-11-13-19(14-12-17)16-24-21(26)22(2,3)20(25)23-15-7-10-18-8-5-4-6-9-18/h4-6,8-9,11-14H,7,10,15-16H2,1-3H3,(H,23,25)(H,24,26). The second-order valence-corrected chi connectivity index (χ2v) is 7.14. The van der Waals surface area contributed by atoms with Crippen LogP contribution >= 0.6 is 0 Å². The van der Waals surface area contributed by atoms with Crippen LogP contribution in [-0.4, -0.2) is 18.4 Å². The van der Waals surface area contributed by atoms with Crippen molar-refractivity contribution >= 4 is 11.8 Å². The van der Waals surface area contributed by atoms with Crippen molar-refractivity contribution in [2.24, 2.45) is 5.41 Å². The van der Waals surface area contributed by atoms with Gasteiger partial charge in [0.2, 0.25) is 11.8 Å². The van der Waals surface area contributed by atoms with Gasteiger partial charge >= 0.3 is 0 Å². The Labute approximate surface area is 156 Å². The molecule has 0 aliphatic carbocycles. The molecule has 2 aromatic carbocycles. The second kappa shape index (κ2) is 9.18. The van der Waals surface area contributed by atoms with Crippen molar-refractivity contribution in [1.82, 2.24) is 10.6 Å². The van der Waals surface area contributed by atoms with Crippen LogP contribution in [0.5, 0.6) is 0 Å². The molecule has 0 fully saturated rings. The van der Waals surface area contributed by atoms with E-state index < -0.39 is 5.41 Å². The molecular weight excluding hydrogens is 324 g/mol. The van der Waals surface area contributed by atoms with Gasteiger partial charge in [-0.3, -0.25) is 9.59 Å². The van der Waals surface area contributed by atoms with E-state index in [0.29, 0.717) is 13.1 Å². The van der Waals surface area contributed by atoms with Crippen LogP contribution in [-0.2, 0) is 22.6 Å². The Balaban J connectivity index is 1.76. The zero-order valence-corrected chi connectivity index (χ0v) is 15.8. The fourth-order valence-electron chi connectivity index (χ4n) is 2.57. The van der Waals surface area contributed by atoms with Gasteiger partial charge in [0.25, 0.3) is 0 Å². The highest BCUT2D eigenvalue weighted by atomic mass is 16.2. The molecule has 0 atom stereocenters. The van der Waals surface area contributed by atoms with Gasteiger partial charge in [0.15, 0.2) is 0 Å². The van der Waals surface area contributed by atoms with Gasteiger partial charge in [0.05, 0.1) is 0 Å². The van der Waals surface area contributed by atoms with Gasteiger partial charge in [-0.15, -0.1) is 0 Å². The number of nitrogens with one attached hydrogen (secondary N) is 2. The summed E-state index contributed by atoms with van der Waals surface area (Å²) >= 11 is 0. The molecule has 2 rings (SSSR count). The van der Waals surface area contributed by atoms with Gasteiger partial charge < -0.3 is 10.6 Å². The van der Waals surface area contributed by atoms with E-state index in [9.17, 15) is 9.59 Å². The summed E-state index contributed by atoms with van der Waals surface area (Å²) in [5, 5.41) is 5.74. The van der Waals surface area contributed by atoms with Crippen molar-refractivity contribution in [2.45, 2.75) is 40.2 Å². The lowest BCUT2D eigenvalue weighted by atomic mass is 9.91. The van der Waals surface area contributed by atoms with Crippen molar-refractivity contribution in [3.8, 4) is 0 Å². The summed E-state index contributed by atoms with van der Waals surface area (Å²) in [5.74, 6) is -0.509. The number of amides is 2. The van der Waals surface area contributed by atoms with Crippen molar-refractivity contribution in [2.75, 3.05) is 6.54 Å². The minimum atomic E-state index is -1.10. The minimum Gasteiger partial charge on any atom is -0.355 e. The van der Waals surface area contributed by atoms with Gasteiger partial charge in [-0.25, -0.2) is 0 Å². The number of hydrogen-bond acceptors (Lipinski definition) is 2. The average molecular weight is 352 g/mol. The highest BCUT2D eigenvalue weighted by Crippen LogP contribution is 2.16. The summed E-state index contributed by atoms with van der Waals surface area (Å²) in [6, 6.07) is 18.1. The van der Waals surface area contributed by atoms with Crippen LogP contribution in [0.25, 0.3) is 0 Å². The molecular formula is C22H28N2O2. The van der Waals surface area contributed by atoms with E-state index in [1.54, 1.807) is 13.8 Å². The molecule has 2 aromatic rings. The largest absolute Gasteiger partial charge is 0.355 e. The lowest BCUT2D eigenvalue weighted by Gasteiger charge is -2.22. The Morgan fingerprint density at radius 3 is 2.12 bits per heavy atom. The zero-order valence-electron chi connectivity index (χ0n) is 15.8. The van der Waals surface area contributed by atoms with Crippen molar-refractivity contribution in [3.63, 3.8) is 0 Å². The lowest BCUT2D eigenvalue weighted by molar-refractivity contribution is -0.141. The van der Waals surface area contributed by atoms with Crippen LogP contribution in [0.2, 0.25) is 0 Å². The van der Waals surface area contributed by atoms with Gasteiger partial charge in [-0.2, -0.15) is 0 Å². The normalized spacial score (nSPS) is 11.0. The third-order valence-corrected chi connectivity index (χ3v) is 4.48. The topological polar surface area (TPSA) is 58.2 Å². The zero-order chi connectivity index (χ0) is 19.0. The molecule has 0 aromatic heterocycles. The van der Waals surface area contributed by atoms with E-state index in [-0.39, 0.29) is 11.8 Å². The molecule has 0 spiro atoms. The Kier molecular flexibility index (Phi) is 6.96. The summed E-state index contributed by atoms with van der Waals surface area (Å²) in [7, 11) is 0. The fourth-order valence-corrected chi connectivity index (χ4v) is 2.57. The predicted octanol–water partition coefficient (Wildman–Crippen LogP) is 3.39. The number of hydrogen-bond donors (Lipinski definition) is 2. The smallest absolute Gasteiger partial charge is 0.235 e. The average Bonchev–Trinajstić information content (AvgIpc) is 2.65. The number of aryl methyl sites for hydroxylation is 2. The first-order chi connectivity index (χ1) is 12.4. The molecule has 0 unspecified atom stereocenters. The molecule has 0 saturated heterocycles. The number of benzene rings is 2. The highest BCUT2D eigenvalue weighted by Gasteiger charge is 2.35. The van der Waals surface area contributed by atoms with Crippen LogP contribution in [0, 0.1) is 12.3 Å². The van der Waals surface area contributed by atoms with Gasteiger partial charge in [0.1, 0.15) is 5.41 Å². The molecule has 0 aliphatic heterocycles. The SMILES string of the molecule is Cc1ccc(CNC(=O)C(C)(C)C(=O)NCCCc2ccccc2)cc1. The maximum atomic E-state index is 12.4. The predicted molar refractivity (Wildman–Crippen MR) is 105 cm³/mol. The number of carbonyl (C=O) groups is 2. The third kappa shape index (κ3) is 5.73. The summed E-state index contributed by atoms with van der Waals surface area (Å²) in [5.41, 5.74) is 2.34. The Hall–Kier alpha value is -2.62. The third-order valence-electron chi connectivity index (χ3n) is 4.48. The van der Waals surface area contributed by atoms with Gasteiger partial charge in [0, 0.05) is 13.1 Å². The van der Waals surface area contributed by atoms with Gasteiger partial charge in [-0.05, 0) is 44.7 Å². The molecule has 0 bridgehead atoms.